The number of benzene rings is 5. The van der Waals surface area contributed by atoms with E-state index < -0.39 is 45.5 Å². The Hall–Kier alpha value is -5.84. The van der Waals surface area contributed by atoms with Gasteiger partial charge in [0.05, 0.1) is 11.1 Å². The van der Waals surface area contributed by atoms with E-state index in [1.54, 1.807) is 0 Å². The molecule has 2 aliphatic carbocycles. The molecule has 0 unspecified atom stereocenters. The summed E-state index contributed by atoms with van der Waals surface area (Å²) in [5, 5.41) is 32.0. The highest BCUT2D eigenvalue weighted by Crippen LogP contribution is 2.60. The third-order valence-corrected chi connectivity index (χ3v) is 9.02. The zero-order valence-electron chi connectivity index (χ0n) is 23.8. The van der Waals surface area contributed by atoms with Gasteiger partial charge in [-0.1, -0.05) is 60.7 Å². The van der Waals surface area contributed by atoms with Crippen molar-refractivity contribution >= 4 is 22.9 Å². The van der Waals surface area contributed by atoms with Gasteiger partial charge in [0.25, 0.3) is 0 Å². The third kappa shape index (κ3) is 3.47. The number of phenolic OH excluding ortho intramolecular Hbond substituents is 1. The molecule has 3 aliphatic heterocycles. The van der Waals surface area contributed by atoms with Crippen LogP contribution in [0.1, 0.15) is 55.5 Å². The molecule has 0 aromatic heterocycles. The second-order valence-corrected chi connectivity index (χ2v) is 11.4. The van der Waals surface area contributed by atoms with Crippen LogP contribution in [0, 0.1) is 5.82 Å². The van der Waals surface area contributed by atoms with Gasteiger partial charge in [0.15, 0.2) is 17.0 Å². The molecule has 3 N–H and O–H groups in total. The van der Waals surface area contributed by atoms with Gasteiger partial charge >= 0.3 is 11.9 Å². The Morgan fingerprint density at radius 2 is 1.39 bits per heavy atom. The maximum atomic E-state index is 14.9. The molecule has 5 aliphatic rings. The van der Waals surface area contributed by atoms with E-state index in [1.807, 2.05) is 55.5 Å². The lowest BCUT2D eigenvalue weighted by Gasteiger charge is -2.52. The smallest absolute Gasteiger partial charge is 0.337 e. The fourth-order valence-corrected chi connectivity index (χ4v) is 7.03. The van der Waals surface area contributed by atoms with Gasteiger partial charge in [-0.05, 0) is 41.8 Å². The molecule has 9 nitrogen and oxygen atoms in total. The van der Waals surface area contributed by atoms with Crippen LogP contribution in [0.15, 0.2) is 100 Å². The maximum Gasteiger partial charge on any atom is 0.337 e. The summed E-state index contributed by atoms with van der Waals surface area (Å²) in [4.78, 5) is 49.4. The van der Waals surface area contributed by atoms with Crippen molar-refractivity contribution in [2.75, 3.05) is 0 Å². The summed E-state index contributed by atoms with van der Waals surface area (Å²) in [7, 11) is 0. The summed E-state index contributed by atoms with van der Waals surface area (Å²) in [6, 6.07) is 23.6. The first-order valence-electron chi connectivity index (χ1n) is 14.2. The van der Waals surface area contributed by atoms with E-state index in [1.165, 1.54) is 24.3 Å². The van der Waals surface area contributed by atoms with Crippen LogP contribution in [0.25, 0.3) is 33.4 Å². The summed E-state index contributed by atoms with van der Waals surface area (Å²) in [5.74, 6) is -4.51. The summed E-state index contributed by atoms with van der Waals surface area (Å²) in [6.07, 6.45) is 0. The molecule has 226 valence electrons. The van der Waals surface area contributed by atoms with Crippen LogP contribution in [-0.4, -0.2) is 27.3 Å². The Labute approximate surface area is 258 Å². The molecule has 46 heavy (non-hydrogen) atoms. The van der Waals surface area contributed by atoms with Gasteiger partial charge < -0.3 is 19.7 Å². The first-order chi connectivity index (χ1) is 22.1. The minimum absolute atomic E-state index is 0.0154. The number of carboxylic acids is 2. The van der Waals surface area contributed by atoms with Crippen LogP contribution < -0.4 is 5.43 Å². The molecular weight excluding hydrogens is 595 g/mol. The summed E-state index contributed by atoms with van der Waals surface area (Å²) < 4.78 is 20.9. The SMILES string of the molecule is CC12OOC(c3cc4c(-c5cccc(C(=O)O)c5C(=O)O)c5cc(F)c(=O)cc-5oc4cc3O)(c3ccccc31)c1ccccc12. The number of phenols is 1. The molecule has 4 aromatic rings. The topological polar surface area (TPSA) is 144 Å². The van der Waals surface area contributed by atoms with Crippen molar-refractivity contribution in [2.24, 2.45) is 0 Å². The van der Waals surface area contributed by atoms with Crippen molar-refractivity contribution in [1.29, 1.82) is 0 Å². The number of halogens is 1. The van der Waals surface area contributed by atoms with Crippen molar-refractivity contribution in [3.05, 3.63) is 146 Å². The number of hydrogen-bond donors (Lipinski definition) is 3. The highest BCUT2D eigenvalue weighted by molar-refractivity contribution is 6.12. The number of carboxylic acid groups (broad SMARTS) is 2. The van der Waals surface area contributed by atoms with Crippen molar-refractivity contribution in [1.82, 2.24) is 0 Å². The van der Waals surface area contributed by atoms with Crippen molar-refractivity contribution in [2.45, 2.75) is 18.1 Å². The fourth-order valence-electron chi connectivity index (χ4n) is 7.03. The Morgan fingerprint density at radius 3 is 2.02 bits per heavy atom. The van der Waals surface area contributed by atoms with Gasteiger partial charge in [-0.25, -0.2) is 23.8 Å². The molecule has 0 amide bonds. The van der Waals surface area contributed by atoms with Gasteiger partial charge in [-0.15, -0.1) is 0 Å². The summed E-state index contributed by atoms with van der Waals surface area (Å²) in [6.45, 7) is 1.89. The molecule has 2 bridgehead atoms. The molecule has 0 fully saturated rings. The van der Waals surface area contributed by atoms with Crippen LogP contribution in [0.2, 0.25) is 0 Å². The Bertz CT molecular complexity index is 2310. The second-order valence-electron chi connectivity index (χ2n) is 11.4. The molecule has 10 heteroatoms. The van der Waals surface area contributed by atoms with E-state index in [9.17, 15) is 34.1 Å². The number of carbonyl (C=O) groups is 2. The molecule has 0 radical (unpaired) electrons. The lowest BCUT2D eigenvalue weighted by atomic mass is 9.64. The van der Waals surface area contributed by atoms with Gasteiger partial charge in [0, 0.05) is 45.3 Å². The molecule has 0 spiro atoms. The molecule has 0 atom stereocenters. The lowest BCUT2D eigenvalue weighted by molar-refractivity contribution is -0.415. The largest absolute Gasteiger partial charge is 0.507 e. The zero-order chi connectivity index (χ0) is 32.1. The molecule has 0 saturated carbocycles. The lowest BCUT2D eigenvalue weighted by Crippen LogP contribution is -2.51. The van der Waals surface area contributed by atoms with Crippen LogP contribution >= 0.6 is 0 Å². The highest BCUT2D eigenvalue weighted by Gasteiger charge is 2.58. The first-order valence-corrected chi connectivity index (χ1v) is 14.2. The van der Waals surface area contributed by atoms with Gasteiger partial charge in [0.2, 0.25) is 5.43 Å². The van der Waals surface area contributed by atoms with Crippen LogP contribution in [-0.2, 0) is 21.0 Å². The molecule has 4 aromatic carbocycles. The first kappa shape index (κ1) is 27.7. The number of hydrogen-bond acceptors (Lipinski definition) is 7. The van der Waals surface area contributed by atoms with Crippen LogP contribution in [0.5, 0.6) is 5.75 Å². The number of aromatic carboxylic acids is 2. The predicted molar refractivity (Wildman–Crippen MR) is 161 cm³/mol. The van der Waals surface area contributed by atoms with E-state index in [4.69, 9.17) is 14.2 Å². The molecule has 0 saturated heterocycles. The average Bonchev–Trinajstić information content (AvgIpc) is 3.04. The number of aromatic hydroxyl groups is 1. The van der Waals surface area contributed by atoms with Crippen molar-refractivity contribution in [3.63, 3.8) is 0 Å². The molecule has 3 heterocycles. The van der Waals surface area contributed by atoms with Gasteiger partial charge in [-0.2, -0.15) is 0 Å². The van der Waals surface area contributed by atoms with Gasteiger partial charge in [-0.3, -0.25) is 4.79 Å². The van der Waals surface area contributed by atoms with E-state index >= 15 is 0 Å². The van der Waals surface area contributed by atoms with Crippen molar-refractivity contribution in [3.8, 4) is 28.2 Å². The molecule has 9 rings (SSSR count). The fraction of sp³-hybridized carbons (Fsp3) is 0.0833. The number of rotatable bonds is 4. The predicted octanol–water partition coefficient (Wildman–Crippen LogP) is 6.64. The Balaban J connectivity index is 1.55. The minimum atomic E-state index is -1.54. The van der Waals surface area contributed by atoms with E-state index in [-0.39, 0.29) is 44.7 Å². The average molecular weight is 617 g/mol. The quantitative estimate of drug-likeness (QED) is 0.147. The maximum absolute atomic E-state index is 14.9. The van der Waals surface area contributed by atoms with Gasteiger partial charge in [0.1, 0.15) is 17.1 Å². The minimum Gasteiger partial charge on any atom is -0.507 e. The van der Waals surface area contributed by atoms with E-state index in [0.29, 0.717) is 11.1 Å². The third-order valence-electron chi connectivity index (χ3n) is 9.02. The normalized spacial score (nSPS) is 19.6. The standard InChI is InChI=1S/C36H21FO9/c1-35-21-9-2-4-11-23(21)36(46-45-35,24-12-5-3-10-22(24)35)25-13-19-29(15-27(25)38)44-30-16-28(39)26(37)14-20(30)31(19)17-7-6-8-18(33(40)41)32(17)34(42)43/h2-16,38H,1H3,(H,40,41)(H,42,43). The number of fused-ring (bicyclic) bond motifs is 3. The Kier molecular flexibility index (Phi) is 5.62. The van der Waals surface area contributed by atoms with E-state index in [0.717, 1.165) is 29.3 Å². The summed E-state index contributed by atoms with van der Waals surface area (Å²) in [5.41, 5.74) is -1.26. The van der Waals surface area contributed by atoms with Crippen molar-refractivity contribution < 1.29 is 43.5 Å². The monoisotopic (exact) mass is 616 g/mol. The van der Waals surface area contributed by atoms with Crippen LogP contribution in [0.3, 0.4) is 0 Å². The van der Waals surface area contributed by atoms with Crippen LogP contribution in [0.4, 0.5) is 4.39 Å². The Morgan fingerprint density at radius 1 is 0.739 bits per heavy atom. The zero-order valence-corrected chi connectivity index (χ0v) is 23.8. The second kappa shape index (κ2) is 9.33. The van der Waals surface area contributed by atoms with E-state index in [2.05, 4.69) is 0 Å². The molecular formula is C36H21FO9. The highest BCUT2D eigenvalue weighted by atomic mass is 19.1. The summed E-state index contributed by atoms with van der Waals surface area (Å²) >= 11 is 0.